The summed E-state index contributed by atoms with van der Waals surface area (Å²) in [6.45, 7) is 6.01. The molecule has 2 heterocycles. The van der Waals surface area contributed by atoms with Crippen LogP contribution in [0.15, 0.2) is 40.9 Å². The summed E-state index contributed by atoms with van der Waals surface area (Å²) in [5.41, 5.74) is 8.76. The van der Waals surface area contributed by atoms with Gasteiger partial charge >= 0.3 is 0 Å². The van der Waals surface area contributed by atoms with E-state index in [0.29, 0.717) is 54.5 Å². The molecular formula is C26H29N5O4. The van der Waals surface area contributed by atoms with Crippen LogP contribution < -0.4 is 10.5 Å². The van der Waals surface area contributed by atoms with Crippen LogP contribution in [0.2, 0.25) is 0 Å². The highest BCUT2D eigenvalue weighted by Crippen LogP contribution is 2.29. The Kier molecular flexibility index (Phi) is 6.87. The van der Waals surface area contributed by atoms with E-state index in [1.807, 2.05) is 32.0 Å². The van der Waals surface area contributed by atoms with Gasteiger partial charge in [0.25, 0.3) is 5.89 Å². The van der Waals surface area contributed by atoms with Crippen molar-refractivity contribution in [3.8, 4) is 34.7 Å². The molecule has 35 heavy (non-hydrogen) atoms. The van der Waals surface area contributed by atoms with Crippen LogP contribution in [0.3, 0.4) is 0 Å². The number of nitrogens with zero attached hydrogens (tertiary/aromatic N) is 4. The Morgan fingerprint density at radius 1 is 1.23 bits per heavy atom. The maximum absolute atomic E-state index is 12.7. The van der Waals surface area contributed by atoms with Gasteiger partial charge in [0.1, 0.15) is 17.4 Å². The van der Waals surface area contributed by atoms with E-state index in [2.05, 4.69) is 16.2 Å². The molecule has 9 nitrogen and oxygen atoms in total. The highest BCUT2D eigenvalue weighted by Gasteiger charge is 2.32. The van der Waals surface area contributed by atoms with Gasteiger partial charge in [0.2, 0.25) is 11.7 Å². The highest BCUT2D eigenvalue weighted by atomic mass is 16.5. The number of aliphatic hydroxyl groups is 1. The Morgan fingerprint density at radius 2 is 1.94 bits per heavy atom. The number of hydrogen-bond acceptors (Lipinski definition) is 8. The number of benzene rings is 2. The summed E-state index contributed by atoms with van der Waals surface area (Å²) in [7, 11) is 0. The summed E-state index contributed by atoms with van der Waals surface area (Å²) in [6.07, 6.45) is 1.31. The second-order valence-corrected chi connectivity index (χ2v) is 9.26. The van der Waals surface area contributed by atoms with E-state index in [1.165, 1.54) is 0 Å². The van der Waals surface area contributed by atoms with Gasteiger partial charge in [-0.3, -0.25) is 4.79 Å². The number of fused-ring (bicyclic) bond motifs is 1. The van der Waals surface area contributed by atoms with Crippen molar-refractivity contribution in [2.75, 3.05) is 19.7 Å². The van der Waals surface area contributed by atoms with Crippen LogP contribution in [-0.2, 0) is 17.6 Å². The smallest absolute Gasteiger partial charge is 0.258 e. The molecule has 0 bridgehead atoms. The highest BCUT2D eigenvalue weighted by molar-refractivity contribution is 5.86. The number of carbonyl (C=O) groups excluding carboxylic acids is 1. The fourth-order valence-electron chi connectivity index (χ4n) is 4.06. The van der Waals surface area contributed by atoms with Gasteiger partial charge in [0, 0.05) is 24.2 Å². The Bertz CT molecular complexity index is 1270. The first-order chi connectivity index (χ1) is 16.7. The van der Waals surface area contributed by atoms with Crippen molar-refractivity contribution in [2.24, 2.45) is 5.73 Å². The number of aliphatic hydroxyl groups excluding tert-OH is 1. The Labute approximate surface area is 204 Å². The van der Waals surface area contributed by atoms with Crippen molar-refractivity contribution in [1.82, 2.24) is 15.0 Å². The fourth-order valence-corrected chi connectivity index (χ4v) is 4.06. The molecule has 3 N–H and O–H groups in total. The molecule has 2 aromatic carbocycles. The van der Waals surface area contributed by atoms with E-state index in [4.69, 9.17) is 15.0 Å². The van der Waals surface area contributed by atoms with Crippen molar-refractivity contribution in [3.63, 3.8) is 0 Å². The molecule has 1 atom stereocenters. The summed E-state index contributed by atoms with van der Waals surface area (Å²) in [4.78, 5) is 18.9. The van der Waals surface area contributed by atoms with E-state index in [9.17, 15) is 15.2 Å². The standard InChI is InChI=1S/C26H29N5O4/c1-16(2)34-22-7-6-20(13-21(22)14-27)24-29-23(30-35-24)19-5-4-17-8-10-31(11-9-18(17)12-19)25(33)26(3,28)15-32/h4-7,12-13,16,32H,8-11,15,28H2,1-3H3/t26-/m0/s1. The van der Waals surface area contributed by atoms with Gasteiger partial charge in [-0.25, -0.2) is 0 Å². The van der Waals surface area contributed by atoms with Crippen LogP contribution in [0.1, 0.15) is 37.5 Å². The molecule has 0 aliphatic carbocycles. The van der Waals surface area contributed by atoms with Gasteiger partial charge in [-0.15, -0.1) is 0 Å². The molecule has 0 saturated heterocycles. The topological polar surface area (TPSA) is 138 Å². The van der Waals surface area contributed by atoms with Crippen molar-refractivity contribution in [3.05, 3.63) is 53.1 Å². The second-order valence-electron chi connectivity index (χ2n) is 9.26. The predicted octanol–water partition coefficient (Wildman–Crippen LogP) is 2.70. The zero-order chi connectivity index (χ0) is 25.2. The number of aromatic nitrogens is 2. The molecule has 0 radical (unpaired) electrons. The van der Waals surface area contributed by atoms with E-state index < -0.39 is 12.1 Å². The van der Waals surface area contributed by atoms with Crippen molar-refractivity contribution >= 4 is 5.91 Å². The Balaban J connectivity index is 1.54. The molecule has 0 unspecified atom stereocenters. The minimum absolute atomic E-state index is 0.0455. The van der Waals surface area contributed by atoms with Gasteiger partial charge in [-0.05, 0) is 69.0 Å². The molecule has 0 saturated carbocycles. The molecule has 1 amide bonds. The molecular weight excluding hydrogens is 446 g/mol. The normalized spacial score (nSPS) is 15.2. The predicted molar refractivity (Wildman–Crippen MR) is 129 cm³/mol. The number of ether oxygens (including phenoxy) is 1. The summed E-state index contributed by atoms with van der Waals surface area (Å²) < 4.78 is 11.2. The van der Waals surface area contributed by atoms with Gasteiger partial charge < -0.3 is 25.0 Å². The van der Waals surface area contributed by atoms with Crippen molar-refractivity contribution < 1.29 is 19.2 Å². The second kappa shape index (κ2) is 9.86. The lowest BCUT2D eigenvalue weighted by molar-refractivity contribution is -0.137. The number of rotatable bonds is 6. The van der Waals surface area contributed by atoms with Gasteiger partial charge in [-0.2, -0.15) is 10.2 Å². The van der Waals surface area contributed by atoms with E-state index in [-0.39, 0.29) is 12.0 Å². The van der Waals surface area contributed by atoms with Crippen LogP contribution >= 0.6 is 0 Å². The molecule has 3 aromatic rings. The fraction of sp³-hybridized carbons (Fsp3) is 0.385. The lowest BCUT2D eigenvalue weighted by atomic mass is 10.00. The minimum Gasteiger partial charge on any atom is -0.490 e. The number of amides is 1. The van der Waals surface area contributed by atoms with Crippen molar-refractivity contribution in [1.29, 1.82) is 5.26 Å². The largest absolute Gasteiger partial charge is 0.490 e. The molecule has 1 aliphatic rings. The Hall–Kier alpha value is -3.74. The number of hydrogen-bond donors (Lipinski definition) is 2. The zero-order valence-electron chi connectivity index (χ0n) is 20.1. The Morgan fingerprint density at radius 3 is 2.63 bits per heavy atom. The maximum atomic E-state index is 12.7. The van der Waals surface area contributed by atoms with Gasteiger partial charge in [0.15, 0.2) is 0 Å². The summed E-state index contributed by atoms with van der Waals surface area (Å²) in [5, 5.41) is 23.1. The first-order valence-electron chi connectivity index (χ1n) is 11.6. The van der Waals surface area contributed by atoms with Gasteiger partial charge in [0.05, 0.1) is 18.3 Å². The SMILES string of the molecule is CC(C)Oc1ccc(-c2nc(-c3ccc4c(c3)CCN(C(=O)[C@@](C)(N)CO)CC4)no2)cc1C#N. The third-order valence-corrected chi connectivity index (χ3v) is 6.01. The third kappa shape index (κ3) is 5.19. The molecule has 4 rings (SSSR count). The minimum atomic E-state index is -1.28. The van der Waals surface area contributed by atoms with E-state index in [0.717, 1.165) is 16.7 Å². The first kappa shape index (κ1) is 24.4. The first-order valence-corrected chi connectivity index (χ1v) is 11.6. The molecule has 1 aliphatic heterocycles. The molecule has 1 aromatic heterocycles. The lowest BCUT2D eigenvalue weighted by Crippen LogP contribution is -2.56. The monoisotopic (exact) mass is 475 g/mol. The van der Waals surface area contributed by atoms with Crippen LogP contribution in [-0.4, -0.2) is 57.4 Å². The molecule has 182 valence electrons. The lowest BCUT2D eigenvalue weighted by Gasteiger charge is -2.29. The number of nitrogens with two attached hydrogens (primary N) is 1. The molecule has 9 heteroatoms. The summed E-state index contributed by atoms with van der Waals surface area (Å²) in [5.74, 6) is 1.01. The quantitative estimate of drug-likeness (QED) is 0.555. The average molecular weight is 476 g/mol. The van der Waals surface area contributed by atoms with E-state index >= 15 is 0 Å². The maximum Gasteiger partial charge on any atom is 0.258 e. The molecule has 0 fully saturated rings. The average Bonchev–Trinajstić information content (AvgIpc) is 3.24. The third-order valence-electron chi connectivity index (χ3n) is 6.01. The zero-order valence-corrected chi connectivity index (χ0v) is 20.1. The van der Waals surface area contributed by atoms with Crippen molar-refractivity contribution in [2.45, 2.75) is 45.3 Å². The van der Waals surface area contributed by atoms with Crippen LogP contribution in [0.4, 0.5) is 0 Å². The summed E-state index contributed by atoms with van der Waals surface area (Å²) in [6, 6.07) is 13.3. The van der Waals surface area contributed by atoms with Crippen LogP contribution in [0, 0.1) is 11.3 Å². The summed E-state index contributed by atoms with van der Waals surface area (Å²) >= 11 is 0. The molecule has 0 spiro atoms. The van der Waals surface area contributed by atoms with Gasteiger partial charge in [-0.1, -0.05) is 17.3 Å². The van der Waals surface area contributed by atoms with Crippen LogP contribution in [0.5, 0.6) is 5.75 Å². The number of nitriles is 1. The van der Waals surface area contributed by atoms with Crippen LogP contribution in [0.25, 0.3) is 22.8 Å². The van der Waals surface area contributed by atoms with E-state index in [1.54, 1.807) is 30.0 Å². The number of carbonyl (C=O) groups is 1.